The third kappa shape index (κ3) is 3.88. The van der Waals surface area contributed by atoms with Crippen molar-refractivity contribution >= 4 is 15.9 Å². The van der Waals surface area contributed by atoms with Gasteiger partial charge in [-0.15, -0.1) is 0 Å². The van der Waals surface area contributed by atoms with E-state index in [0.717, 1.165) is 19.1 Å². The quantitative estimate of drug-likeness (QED) is 0.853. The van der Waals surface area contributed by atoms with Crippen LogP contribution in [-0.4, -0.2) is 62.3 Å². The molecule has 0 spiro atoms. The van der Waals surface area contributed by atoms with Crippen molar-refractivity contribution in [3.05, 3.63) is 30.1 Å². The van der Waals surface area contributed by atoms with Gasteiger partial charge in [0.05, 0.1) is 18.4 Å². The number of amides is 1. The Bertz CT molecular complexity index is 665. The molecule has 1 amide bonds. The van der Waals surface area contributed by atoms with Gasteiger partial charge < -0.3 is 9.64 Å². The molecule has 23 heavy (non-hydrogen) atoms. The molecule has 0 aliphatic carbocycles. The monoisotopic (exact) mass is 339 g/mol. The number of hydrogen-bond donors (Lipinski definition) is 1. The zero-order valence-electron chi connectivity index (χ0n) is 13.0. The SMILES string of the molecule is CS(=O)(=O)N[C@@H]1CN(C(=O)c2ccccn2)C[C@@H]2CCCO[C@@H]21. The van der Waals surface area contributed by atoms with Crippen LogP contribution < -0.4 is 4.72 Å². The maximum atomic E-state index is 12.6. The summed E-state index contributed by atoms with van der Waals surface area (Å²) >= 11 is 0. The fourth-order valence-corrected chi connectivity index (χ4v) is 4.16. The van der Waals surface area contributed by atoms with Gasteiger partial charge in [0, 0.05) is 31.8 Å². The van der Waals surface area contributed by atoms with E-state index >= 15 is 0 Å². The van der Waals surface area contributed by atoms with E-state index in [4.69, 9.17) is 4.74 Å². The van der Waals surface area contributed by atoms with Crippen LogP contribution in [0.4, 0.5) is 0 Å². The average Bonchev–Trinajstić information content (AvgIpc) is 2.53. The Morgan fingerprint density at radius 2 is 2.22 bits per heavy atom. The summed E-state index contributed by atoms with van der Waals surface area (Å²) < 4.78 is 31.7. The minimum absolute atomic E-state index is 0.143. The van der Waals surface area contributed by atoms with Crippen LogP contribution in [0.1, 0.15) is 23.3 Å². The number of nitrogens with one attached hydrogen (secondary N) is 1. The van der Waals surface area contributed by atoms with Crippen LogP contribution in [0.15, 0.2) is 24.4 Å². The molecule has 3 atom stereocenters. The first kappa shape index (κ1) is 16.4. The lowest BCUT2D eigenvalue weighted by Gasteiger charge is -2.45. The number of carbonyl (C=O) groups is 1. The number of rotatable bonds is 3. The van der Waals surface area contributed by atoms with Gasteiger partial charge in [-0.2, -0.15) is 0 Å². The highest BCUT2D eigenvalue weighted by molar-refractivity contribution is 7.88. The molecule has 7 nitrogen and oxygen atoms in total. The molecule has 0 radical (unpaired) electrons. The summed E-state index contributed by atoms with van der Waals surface area (Å²) in [6, 6.07) is 4.77. The number of pyridine rings is 1. The molecular weight excluding hydrogens is 318 g/mol. The summed E-state index contributed by atoms with van der Waals surface area (Å²) in [4.78, 5) is 18.4. The van der Waals surface area contributed by atoms with E-state index in [-0.39, 0.29) is 17.9 Å². The summed E-state index contributed by atoms with van der Waals surface area (Å²) in [6.45, 7) is 1.50. The highest BCUT2D eigenvalue weighted by Gasteiger charge is 2.42. The fraction of sp³-hybridized carbons (Fsp3) is 0.600. The molecule has 3 rings (SSSR count). The smallest absolute Gasteiger partial charge is 0.272 e. The van der Waals surface area contributed by atoms with Crippen molar-refractivity contribution in [3.63, 3.8) is 0 Å². The van der Waals surface area contributed by atoms with Gasteiger partial charge in [-0.1, -0.05) is 6.07 Å². The predicted molar refractivity (Wildman–Crippen MR) is 84.4 cm³/mol. The molecule has 0 saturated carbocycles. The van der Waals surface area contributed by atoms with Crippen molar-refractivity contribution in [2.75, 3.05) is 26.0 Å². The number of aromatic nitrogens is 1. The molecule has 1 aromatic heterocycles. The summed E-state index contributed by atoms with van der Waals surface area (Å²) in [5.74, 6) is -0.0284. The maximum Gasteiger partial charge on any atom is 0.272 e. The average molecular weight is 339 g/mol. The predicted octanol–water partition coefficient (Wildman–Crippen LogP) is 0.250. The number of carbonyl (C=O) groups excluding carboxylic acids is 1. The van der Waals surface area contributed by atoms with E-state index in [0.29, 0.717) is 25.4 Å². The Kier molecular flexibility index (Phi) is 4.65. The van der Waals surface area contributed by atoms with E-state index in [1.807, 2.05) is 0 Å². The van der Waals surface area contributed by atoms with Crippen molar-refractivity contribution in [1.29, 1.82) is 0 Å². The van der Waals surface area contributed by atoms with E-state index in [2.05, 4.69) is 9.71 Å². The van der Waals surface area contributed by atoms with Gasteiger partial charge in [0.2, 0.25) is 10.0 Å². The molecule has 2 aliphatic heterocycles. The van der Waals surface area contributed by atoms with Crippen molar-refractivity contribution in [1.82, 2.24) is 14.6 Å². The zero-order valence-corrected chi connectivity index (χ0v) is 13.8. The molecular formula is C15H21N3O4S. The van der Waals surface area contributed by atoms with E-state index in [1.54, 1.807) is 29.3 Å². The second-order valence-electron chi connectivity index (χ2n) is 6.16. The van der Waals surface area contributed by atoms with Crippen LogP contribution in [0, 0.1) is 5.92 Å². The zero-order chi connectivity index (χ0) is 16.4. The van der Waals surface area contributed by atoms with Crippen molar-refractivity contribution in [3.8, 4) is 0 Å². The minimum atomic E-state index is -3.37. The third-order valence-electron chi connectivity index (χ3n) is 4.30. The first-order chi connectivity index (χ1) is 10.9. The van der Waals surface area contributed by atoms with Crippen molar-refractivity contribution < 1.29 is 17.9 Å². The van der Waals surface area contributed by atoms with Crippen LogP contribution in [0.2, 0.25) is 0 Å². The van der Waals surface area contributed by atoms with E-state index < -0.39 is 16.1 Å². The van der Waals surface area contributed by atoms with Gasteiger partial charge in [-0.3, -0.25) is 9.78 Å². The molecule has 3 heterocycles. The van der Waals surface area contributed by atoms with Crippen molar-refractivity contribution in [2.24, 2.45) is 5.92 Å². The molecule has 2 aliphatic rings. The third-order valence-corrected chi connectivity index (χ3v) is 5.03. The first-order valence-electron chi connectivity index (χ1n) is 7.73. The van der Waals surface area contributed by atoms with E-state index in [1.165, 1.54) is 0 Å². The Morgan fingerprint density at radius 1 is 1.39 bits per heavy atom. The number of sulfonamides is 1. The normalized spacial score (nSPS) is 28.2. The molecule has 2 fully saturated rings. The highest BCUT2D eigenvalue weighted by Crippen LogP contribution is 2.29. The van der Waals surface area contributed by atoms with Gasteiger partial charge in [0.15, 0.2) is 0 Å². The van der Waals surface area contributed by atoms with Gasteiger partial charge >= 0.3 is 0 Å². The molecule has 1 aromatic rings. The Balaban J connectivity index is 1.81. The van der Waals surface area contributed by atoms with Gasteiger partial charge in [0.25, 0.3) is 5.91 Å². The van der Waals surface area contributed by atoms with E-state index in [9.17, 15) is 13.2 Å². The Morgan fingerprint density at radius 3 is 2.91 bits per heavy atom. The number of fused-ring (bicyclic) bond motifs is 1. The second kappa shape index (κ2) is 6.54. The number of ether oxygens (including phenoxy) is 1. The highest BCUT2D eigenvalue weighted by atomic mass is 32.2. The standard InChI is InChI=1S/C15H21N3O4S/c1-23(20,21)17-13-10-18(9-11-5-4-8-22-14(11)13)15(19)12-6-2-3-7-16-12/h2-3,6-7,11,13-14,17H,4-5,8-10H2,1H3/t11-,13+,14-/m0/s1. The largest absolute Gasteiger partial charge is 0.376 e. The molecule has 2 saturated heterocycles. The molecule has 1 N–H and O–H groups in total. The number of nitrogens with zero attached hydrogens (tertiary/aromatic N) is 2. The summed E-state index contributed by atoms with van der Waals surface area (Å²) in [7, 11) is -3.37. The van der Waals surface area contributed by atoms with Crippen LogP contribution in [-0.2, 0) is 14.8 Å². The lowest BCUT2D eigenvalue weighted by atomic mass is 9.85. The lowest BCUT2D eigenvalue weighted by Crippen LogP contribution is -2.61. The number of likely N-dealkylation sites (tertiary alicyclic amines) is 1. The van der Waals surface area contributed by atoms with Gasteiger partial charge in [0.1, 0.15) is 5.69 Å². The first-order valence-corrected chi connectivity index (χ1v) is 9.62. The van der Waals surface area contributed by atoms with Crippen LogP contribution in [0.5, 0.6) is 0 Å². The van der Waals surface area contributed by atoms with Crippen LogP contribution in [0.25, 0.3) is 0 Å². The Hall–Kier alpha value is -1.51. The van der Waals surface area contributed by atoms with Gasteiger partial charge in [-0.05, 0) is 25.0 Å². The fourth-order valence-electron chi connectivity index (χ4n) is 3.40. The van der Waals surface area contributed by atoms with Gasteiger partial charge in [-0.25, -0.2) is 13.1 Å². The molecule has 8 heteroatoms. The lowest BCUT2D eigenvalue weighted by molar-refractivity contribution is -0.0750. The maximum absolute atomic E-state index is 12.6. The molecule has 126 valence electrons. The summed E-state index contributed by atoms with van der Waals surface area (Å²) in [5.41, 5.74) is 0.376. The second-order valence-corrected chi connectivity index (χ2v) is 7.94. The summed E-state index contributed by atoms with van der Waals surface area (Å²) in [6.07, 6.45) is 4.39. The summed E-state index contributed by atoms with van der Waals surface area (Å²) in [5, 5.41) is 0. The Labute approximate surface area is 136 Å². The minimum Gasteiger partial charge on any atom is -0.376 e. The van der Waals surface area contributed by atoms with Crippen LogP contribution >= 0.6 is 0 Å². The topological polar surface area (TPSA) is 88.6 Å². The van der Waals surface area contributed by atoms with Crippen molar-refractivity contribution in [2.45, 2.75) is 25.0 Å². The number of piperidine rings is 1. The molecule has 0 aromatic carbocycles. The molecule has 0 unspecified atom stereocenters. The number of hydrogen-bond acceptors (Lipinski definition) is 5. The molecule has 0 bridgehead atoms. The van der Waals surface area contributed by atoms with Crippen LogP contribution in [0.3, 0.4) is 0 Å².